The Bertz CT molecular complexity index is 834. The first-order chi connectivity index (χ1) is 12.5. The zero-order chi connectivity index (χ0) is 18.7. The van der Waals surface area contributed by atoms with Crippen molar-refractivity contribution in [3.05, 3.63) is 50.2 Å². The van der Waals surface area contributed by atoms with Crippen molar-refractivity contribution in [2.45, 2.75) is 32.6 Å². The monoisotopic (exact) mass is 392 g/mol. The number of fused-ring (bicyclic) bond motifs is 1. The second-order valence-corrected chi connectivity index (χ2v) is 8.12. The van der Waals surface area contributed by atoms with E-state index in [1.54, 1.807) is 18.2 Å². The van der Waals surface area contributed by atoms with Crippen LogP contribution in [0.1, 0.15) is 39.0 Å². The van der Waals surface area contributed by atoms with Crippen molar-refractivity contribution in [3.8, 4) is 5.75 Å². The number of hydrazine groups is 1. The second kappa shape index (κ2) is 8.10. The number of methoxy groups -OCH3 is 1. The fraction of sp³-hybridized carbons (Fsp3) is 0.368. The van der Waals surface area contributed by atoms with Crippen LogP contribution >= 0.6 is 22.9 Å². The van der Waals surface area contributed by atoms with E-state index in [0.717, 1.165) is 19.3 Å². The number of halogens is 1. The van der Waals surface area contributed by atoms with Crippen LogP contribution in [-0.2, 0) is 24.1 Å². The Morgan fingerprint density at radius 3 is 2.88 bits per heavy atom. The van der Waals surface area contributed by atoms with Crippen LogP contribution in [0.25, 0.3) is 0 Å². The molecule has 7 heteroatoms. The number of ether oxygens (including phenoxy) is 1. The molecular weight excluding hydrogens is 372 g/mol. The van der Waals surface area contributed by atoms with E-state index in [4.69, 9.17) is 16.3 Å². The molecule has 0 fully saturated rings. The summed E-state index contributed by atoms with van der Waals surface area (Å²) in [6.07, 6.45) is 3.25. The molecule has 0 saturated heterocycles. The number of benzene rings is 1. The number of thiophene rings is 1. The maximum atomic E-state index is 12.3. The summed E-state index contributed by atoms with van der Waals surface area (Å²) in [4.78, 5) is 26.4. The van der Waals surface area contributed by atoms with Gasteiger partial charge in [0.25, 0.3) is 5.91 Å². The average molecular weight is 393 g/mol. The molecule has 2 amide bonds. The third-order valence-electron chi connectivity index (χ3n) is 4.46. The Morgan fingerprint density at radius 1 is 1.31 bits per heavy atom. The number of rotatable bonds is 4. The maximum absolute atomic E-state index is 12.3. The Labute approximate surface area is 161 Å². The second-order valence-electron chi connectivity index (χ2n) is 6.54. The Kier molecular flexibility index (Phi) is 5.84. The van der Waals surface area contributed by atoms with Crippen molar-refractivity contribution in [2.24, 2.45) is 5.92 Å². The first-order valence-corrected chi connectivity index (χ1v) is 9.69. The number of carbonyl (C=O) groups is 2. The molecule has 0 saturated carbocycles. The third-order valence-corrected chi connectivity index (χ3v) is 5.93. The number of aryl methyl sites for hydroxylation is 1. The van der Waals surface area contributed by atoms with Gasteiger partial charge in [-0.1, -0.05) is 18.5 Å². The highest BCUT2D eigenvalue weighted by Gasteiger charge is 2.21. The molecular formula is C19H21ClN2O3S. The normalized spacial score (nSPS) is 15.9. The van der Waals surface area contributed by atoms with Gasteiger partial charge in [0, 0.05) is 15.5 Å². The summed E-state index contributed by atoms with van der Waals surface area (Å²) in [5.41, 5.74) is 6.87. The molecule has 1 aliphatic carbocycles. The standard InChI is InChI=1S/C19H21ClN2O3S/c1-11-3-6-16-13(7-11)9-17(26-16)19(24)22-21-18(23)10-12-8-14(20)4-5-15(12)25-2/h4-5,8-9,11H,3,6-7,10H2,1-2H3,(H,21,23)(H,22,24)/t11-/m1/s1. The van der Waals surface area contributed by atoms with E-state index in [0.29, 0.717) is 27.1 Å². The molecule has 0 aliphatic heterocycles. The molecule has 1 aromatic heterocycles. The van der Waals surface area contributed by atoms with Crippen molar-refractivity contribution in [2.75, 3.05) is 7.11 Å². The minimum atomic E-state index is -0.339. The fourth-order valence-corrected chi connectivity index (χ4v) is 4.41. The van der Waals surface area contributed by atoms with Crippen molar-refractivity contribution in [1.29, 1.82) is 0 Å². The topological polar surface area (TPSA) is 67.4 Å². The molecule has 0 unspecified atom stereocenters. The molecule has 1 atom stereocenters. The van der Waals surface area contributed by atoms with Gasteiger partial charge in [0.2, 0.25) is 5.91 Å². The number of hydrogen-bond acceptors (Lipinski definition) is 4. The van der Waals surface area contributed by atoms with Gasteiger partial charge in [0.15, 0.2) is 0 Å². The Balaban J connectivity index is 1.58. The molecule has 5 nitrogen and oxygen atoms in total. The summed E-state index contributed by atoms with van der Waals surface area (Å²) in [5.74, 6) is 0.605. The van der Waals surface area contributed by atoms with Crippen LogP contribution in [-0.4, -0.2) is 18.9 Å². The summed E-state index contributed by atoms with van der Waals surface area (Å²) in [6.45, 7) is 2.23. The lowest BCUT2D eigenvalue weighted by atomic mass is 9.90. The van der Waals surface area contributed by atoms with Crippen LogP contribution in [0.4, 0.5) is 0 Å². The molecule has 3 rings (SSSR count). The molecule has 2 aromatic rings. The summed E-state index contributed by atoms with van der Waals surface area (Å²) in [6, 6.07) is 7.02. The van der Waals surface area contributed by atoms with Gasteiger partial charge in [0.1, 0.15) is 5.75 Å². The number of carbonyl (C=O) groups excluding carboxylic acids is 2. The minimum absolute atomic E-state index is 0.0580. The van der Waals surface area contributed by atoms with E-state index in [1.807, 2.05) is 6.07 Å². The molecule has 1 heterocycles. The largest absolute Gasteiger partial charge is 0.496 e. The van der Waals surface area contributed by atoms with E-state index in [9.17, 15) is 9.59 Å². The van der Waals surface area contributed by atoms with E-state index in [2.05, 4.69) is 17.8 Å². The van der Waals surface area contributed by atoms with Crippen LogP contribution in [0.2, 0.25) is 5.02 Å². The van der Waals surface area contributed by atoms with Gasteiger partial charge >= 0.3 is 0 Å². The number of nitrogens with one attached hydrogen (secondary N) is 2. The van der Waals surface area contributed by atoms with Crippen molar-refractivity contribution in [1.82, 2.24) is 10.9 Å². The summed E-state index contributed by atoms with van der Waals surface area (Å²) in [7, 11) is 1.53. The first kappa shape index (κ1) is 18.7. The van der Waals surface area contributed by atoms with Crippen LogP contribution in [0, 0.1) is 5.92 Å². The van der Waals surface area contributed by atoms with Crippen molar-refractivity contribution < 1.29 is 14.3 Å². The molecule has 1 aliphatic rings. The van der Waals surface area contributed by atoms with Crippen molar-refractivity contribution in [3.63, 3.8) is 0 Å². The van der Waals surface area contributed by atoms with E-state index >= 15 is 0 Å². The molecule has 2 N–H and O–H groups in total. The minimum Gasteiger partial charge on any atom is -0.496 e. The third kappa shape index (κ3) is 4.37. The SMILES string of the molecule is COc1ccc(Cl)cc1CC(=O)NNC(=O)c1cc2c(s1)CC[C@@H](C)C2. The quantitative estimate of drug-likeness (QED) is 0.782. The van der Waals surface area contributed by atoms with Gasteiger partial charge in [0.05, 0.1) is 18.4 Å². The van der Waals surface area contributed by atoms with Crippen LogP contribution in [0.5, 0.6) is 5.75 Å². The highest BCUT2D eigenvalue weighted by Crippen LogP contribution is 2.32. The van der Waals surface area contributed by atoms with E-state index in [-0.39, 0.29) is 18.2 Å². The lowest BCUT2D eigenvalue weighted by molar-refractivity contribution is -0.121. The van der Waals surface area contributed by atoms with E-state index in [1.165, 1.54) is 28.9 Å². The summed E-state index contributed by atoms with van der Waals surface area (Å²) < 4.78 is 5.23. The van der Waals surface area contributed by atoms with E-state index < -0.39 is 0 Å². The van der Waals surface area contributed by atoms with Gasteiger partial charge in [-0.2, -0.15) is 0 Å². The molecule has 0 radical (unpaired) electrons. The molecule has 26 heavy (non-hydrogen) atoms. The number of hydrogen-bond donors (Lipinski definition) is 2. The highest BCUT2D eigenvalue weighted by atomic mass is 35.5. The maximum Gasteiger partial charge on any atom is 0.279 e. The average Bonchev–Trinajstić information content (AvgIpc) is 3.03. The number of amides is 2. The fourth-order valence-electron chi connectivity index (χ4n) is 3.11. The lowest BCUT2D eigenvalue weighted by Gasteiger charge is -2.16. The molecule has 1 aromatic carbocycles. The summed E-state index contributed by atoms with van der Waals surface area (Å²) >= 11 is 7.48. The Morgan fingerprint density at radius 2 is 2.12 bits per heavy atom. The van der Waals surface area contributed by atoms with Gasteiger partial charge in [-0.05, 0) is 55.0 Å². The summed E-state index contributed by atoms with van der Waals surface area (Å²) in [5, 5.41) is 0.524. The zero-order valence-corrected chi connectivity index (χ0v) is 16.3. The van der Waals surface area contributed by atoms with Crippen LogP contribution in [0.3, 0.4) is 0 Å². The van der Waals surface area contributed by atoms with Crippen LogP contribution < -0.4 is 15.6 Å². The van der Waals surface area contributed by atoms with Crippen molar-refractivity contribution >= 4 is 34.8 Å². The van der Waals surface area contributed by atoms with Gasteiger partial charge in [-0.3, -0.25) is 20.4 Å². The molecule has 138 valence electrons. The lowest BCUT2D eigenvalue weighted by Crippen LogP contribution is -2.42. The van der Waals surface area contributed by atoms with Gasteiger partial charge in [-0.15, -0.1) is 11.3 Å². The van der Waals surface area contributed by atoms with Gasteiger partial charge < -0.3 is 4.74 Å². The van der Waals surface area contributed by atoms with Crippen LogP contribution in [0.15, 0.2) is 24.3 Å². The smallest absolute Gasteiger partial charge is 0.279 e. The predicted molar refractivity (Wildman–Crippen MR) is 103 cm³/mol. The van der Waals surface area contributed by atoms with Gasteiger partial charge in [-0.25, -0.2) is 0 Å². The highest BCUT2D eigenvalue weighted by molar-refractivity contribution is 7.14. The first-order valence-electron chi connectivity index (χ1n) is 8.49. The zero-order valence-electron chi connectivity index (χ0n) is 14.7. The molecule has 0 spiro atoms. The predicted octanol–water partition coefficient (Wildman–Crippen LogP) is 3.54. The molecule has 0 bridgehead atoms. The Hall–Kier alpha value is -2.05.